The number of esters is 1. The molecule has 586 valence electrons. The molecule has 6 atom stereocenters. The number of likely N-dealkylation sites (tertiary alicyclic amines) is 2. The Labute approximate surface area is 645 Å². The van der Waals surface area contributed by atoms with E-state index in [0.29, 0.717) is 71.5 Å². The molecule has 8 N–H and O–H groups in total. The maximum absolute atomic E-state index is 13.5. The average molecular weight is 1510 g/mol. The SMILES string of the molecule is CC(C)(C)OC(=O)Nc1ncc(NC(=O)C(=O)O)cc1C1CC1.C[C@H]1CC[C@H](c2ccc3cn(C)nc3c2)N(C(=O)C(=O)Nc2cnc(CC(=O)OC(C)(C)C)c(C3CC3)c2)C1.C[C@H]1CC[C@H](c2ccc3cn(C)nc3c2)N(C(=O)C(=O)Nc2cnc(N)c(C3CC3)c2)C1.C[C@H]1CC[C@H](c2ccc3cn(C)nc3c2)NC1. The number of carbonyl (C=O) groups is 8. The number of anilines is 5. The van der Waals surface area contributed by atoms with Gasteiger partial charge in [0.15, 0.2) is 0 Å². The van der Waals surface area contributed by atoms with Crippen LogP contribution in [0.3, 0.4) is 0 Å². The van der Waals surface area contributed by atoms with Crippen LogP contribution in [0.5, 0.6) is 0 Å². The number of fused-ring (bicyclic) bond motifs is 3. The summed E-state index contributed by atoms with van der Waals surface area (Å²) >= 11 is 0. The minimum atomic E-state index is -1.58. The third kappa shape index (κ3) is 21.1. The molecule has 6 amide bonds. The molecular weight excluding hydrogens is 1410 g/mol. The number of carbonyl (C=O) groups excluding carboxylic acids is 7. The molecule has 0 bridgehead atoms. The van der Waals surface area contributed by atoms with E-state index in [-0.39, 0.29) is 36.1 Å². The largest absolute Gasteiger partial charge is 0.474 e. The zero-order chi connectivity index (χ0) is 79.3. The number of amides is 6. The molecule has 9 aromatic rings. The predicted octanol–water partition coefficient (Wildman–Crippen LogP) is 13.0. The first-order valence-corrected chi connectivity index (χ1v) is 38.5. The van der Waals surface area contributed by atoms with E-state index in [0.717, 1.165) is 132 Å². The van der Waals surface area contributed by atoms with E-state index >= 15 is 0 Å². The quantitative estimate of drug-likeness (QED) is 0.0441. The predicted molar refractivity (Wildman–Crippen MR) is 423 cm³/mol. The summed E-state index contributed by atoms with van der Waals surface area (Å²) in [5.74, 6) is -2.22. The zero-order valence-corrected chi connectivity index (χ0v) is 65.4. The summed E-state index contributed by atoms with van der Waals surface area (Å²) in [5.41, 5.74) is 15.5. The van der Waals surface area contributed by atoms with Crippen LogP contribution in [-0.4, -0.2) is 138 Å². The number of piperidine rings is 3. The standard InChI is InChI=1S/C30H37N5O4.C24H28N6O2.C15H19N3O5.C14H19N3/c1-18-6-11-26(20-9-10-21-17-34(5)33-24(21)12-20)35(16-18)29(38)28(37)32-22-13-23(19-7-8-19)25(31-15-22)14-27(36)39-30(2,3)4;1-14-3-8-21(16-6-7-17-13-29(2)28-20(17)9-16)30(12-14)24(32)23(31)27-18-10-19(15-4-5-15)22(25)26-11-18;1-15(2,3)23-14(22)18-11-10(8-4-5-8)6-9(7-16-11)17-12(19)13(20)21;1-10-3-6-13(15-8-10)11-4-5-12-9-17(2)16-14(12)7-11/h9-10,12-13,15,17-19,26H,6-8,11,14,16H2,1-5H3,(H,32,37);6-7,9-11,13-15,21H,3-5,8,12H2,1-2H3,(H2,25,26)(H,27,31);6-8H,4-5H2,1-3H3,(H,17,19)(H,20,21)(H,16,18,22);4-5,7,9-10,13,15H,3,6,8H2,1-2H3/t18-,26+;14-,21+;;10-,13+/m00.0/s1. The number of pyridine rings is 3. The van der Waals surface area contributed by atoms with Gasteiger partial charge in [0.2, 0.25) is 0 Å². The van der Waals surface area contributed by atoms with Crippen molar-refractivity contribution in [2.24, 2.45) is 38.9 Å². The van der Waals surface area contributed by atoms with E-state index in [2.05, 4.69) is 102 Å². The fraction of sp³-hybridized carbons (Fsp3) is 0.470. The van der Waals surface area contributed by atoms with Gasteiger partial charge in [0.05, 0.1) is 76.4 Å². The number of aryl methyl sites for hydroxylation is 3. The Hall–Kier alpha value is -11.2. The molecule has 0 radical (unpaired) electrons. The number of hydrogen-bond acceptors (Lipinski definition) is 18. The normalized spacial score (nSPS) is 19.7. The van der Waals surface area contributed by atoms with Crippen LogP contribution >= 0.6 is 0 Å². The summed E-state index contributed by atoms with van der Waals surface area (Å²) in [4.78, 5) is 115. The molecule has 28 nitrogen and oxygen atoms in total. The zero-order valence-electron chi connectivity index (χ0n) is 65.4. The number of carboxylic acid groups (broad SMARTS) is 1. The number of nitrogens with one attached hydrogen (secondary N) is 5. The van der Waals surface area contributed by atoms with Crippen LogP contribution < -0.4 is 32.3 Å². The van der Waals surface area contributed by atoms with E-state index in [1.807, 2.05) is 108 Å². The van der Waals surface area contributed by atoms with Crippen molar-refractivity contribution in [2.75, 3.05) is 46.6 Å². The number of aliphatic carboxylic acids is 1. The van der Waals surface area contributed by atoms with E-state index < -0.39 is 52.8 Å². The van der Waals surface area contributed by atoms with Crippen molar-refractivity contribution in [1.82, 2.24) is 59.4 Å². The Bertz CT molecular complexity index is 4970. The van der Waals surface area contributed by atoms with Crippen LogP contribution in [0.4, 0.5) is 33.5 Å². The summed E-state index contributed by atoms with van der Waals surface area (Å²) in [5, 5.41) is 39.4. The highest BCUT2D eigenvalue weighted by atomic mass is 16.6. The van der Waals surface area contributed by atoms with Crippen molar-refractivity contribution in [3.63, 3.8) is 0 Å². The first-order valence-electron chi connectivity index (χ1n) is 38.5. The third-order valence-corrected chi connectivity index (χ3v) is 20.6. The second kappa shape index (κ2) is 33.6. The van der Waals surface area contributed by atoms with E-state index in [9.17, 15) is 38.4 Å². The number of benzene rings is 3. The maximum Gasteiger partial charge on any atom is 0.413 e. The number of nitrogens with zero attached hydrogens (tertiary/aromatic N) is 11. The molecule has 6 aliphatic rings. The molecule has 0 unspecified atom stereocenters. The van der Waals surface area contributed by atoms with Crippen LogP contribution in [0.15, 0.2) is 110 Å². The molecule has 9 heterocycles. The second-order valence-electron chi connectivity index (χ2n) is 32.8. The number of aromatic nitrogens is 9. The average Bonchev–Trinajstić information content (AvgIpc) is 1.78. The van der Waals surface area contributed by atoms with Crippen molar-refractivity contribution < 1.29 is 52.9 Å². The molecule has 3 saturated carbocycles. The van der Waals surface area contributed by atoms with Crippen molar-refractivity contribution >= 4 is 109 Å². The maximum atomic E-state index is 13.5. The topological polar surface area (TPSA) is 360 Å². The smallest absolute Gasteiger partial charge is 0.413 e. The Morgan fingerprint density at radius 2 is 0.919 bits per heavy atom. The lowest BCUT2D eigenvalue weighted by Crippen LogP contribution is -2.46. The van der Waals surface area contributed by atoms with E-state index in [1.165, 1.54) is 42.4 Å². The molecule has 3 aliphatic heterocycles. The van der Waals surface area contributed by atoms with Gasteiger partial charge in [-0.05, 0) is 225 Å². The summed E-state index contributed by atoms with van der Waals surface area (Å²) in [7, 11) is 5.75. The fourth-order valence-electron chi connectivity index (χ4n) is 14.7. The molecule has 15 rings (SSSR count). The van der Waals surface area contributed by atoms with Gasteiger partial charge in [0, 0.05) is 80.6 Å². The van der Waals surface area contributed by atoms with E-state index in [4.69, 9.17) is 20.3 Å². The Morgan fingerprint density at radius 3 is 1.39 bits per heavy atom. The van der Waals surface area contributed by atoms with Gasteiger partial charge in [-0.25, -0.2) is 19.6 Å². The first kappa shape index (κ1) is 79.4. The van der Waals surface area contributed by atoms with Crippen molar-refractivity contribution in [3.8, 4) is 0 Å². The molecular formula is C83H103N17O11. The lowest BCUT2D eigenvalue weighted by atomic mass is 9.89. The second-order valence-corrected chi connectivity index (χ2v) is 32.8. The summed E-state index contributed by atoms with van der Waals surface area (Å²) < 4.78 is 16.1. The molecule has 3 aromatic carbocycles. The van der Waals surface area contributed by atoms with Crippen molar-refractivity contribution in [2.45, 2.75) is 193 Å². The minimum Gasteiger partial charge on any atom is -0.474 e. The molecule has 28 heteroatoms. The lowest BCUT2D eigenvalue weighted by Gasteiger charge is -2.38. The Balaban J connectivity index is 0.000000143. The van der Waals surface area contributed by atoms with Gasteiger partial charge in [-0.1, -0.05) is 57.2 Å². The third-order valence-electron chi connectivity index (χ3n) is 20.6. The number of rotatable bonds is 12. The van der Waals surface area contributed by atoms with Crippen LogP contribution in [0.1, 0.15) is 214 Å². The lowest BCUT2D eigenvalue weighted by molar-refractivity contribution is -0.154. The molecule has 6 aromatic heterocycles. The summed E-state index contributed by atoms with van der Waals surface area (Å²) in [6.45, 7) is 19.5. The molecule has 3 aliphatic carbocycles. The number of hydrogen-bond donors (Lipinski definition) is 7. The van der Waals surface area contributed by atoms with Crippen LogP contribution in [0, 0.1) is 17.8 Å². The Kier molecular flexibility index (Phi) is 24.0. The highest BCUT2D eigenvalue weighted by molar-refractivity contribution is 6.40. The van der Waals surface area contributed by atoms with Crippen molar-refractivity contribution in [3.05, 3.63) is 149 Å². The van der Waals surface area contributed by atoms with Crippen LogP contribution in [0.25, 0.3) is 32.7 Å². The molecule has 3 saturated heterocycles. The minimum absolute atomic E-state index is 0.0736. The molecule has 0 spiro atoms. The van der Waals surface area contributed by atoms with Gasteiger partial charge in [-0.15, -0.1) is 0 Å². The van der Waals surface area contributed by atoms with E-state index in [1.54, 1.807) is 46.0 Å². The number of ether oxygens (including phenoxy) is 2. The molecule has 111 heavy (non-hydrogen) atoms. The highest BCUT2D eigenvalue weighted by Crippen LogP contribution is 2.46. The van der Waals surface area contributed by atoms with Gasteiger partial charge in [0.1, 0.15) is 22.8 Å². The fourth-order valence-corrected chi connectivity index (χ4v) is 14.7. The van der Waals surface area contributed by atoms with Crippen LogP contribution in [-0.2, 0) is 70.6 Å². The monoisotopic (exact) mass is 1510 g/mol. The molecule has 6 fully saturated rings. The van der Waals surface area contributed by atoms with Gasteiger partial charge < -0.3 is 51.4 Å². The van der Waals surface area contributed by atoms with Gasteiger partial charge in [-0.3, -0.25) is 53.1 Å². The Morgan fingerprint density at radius 1 is 0.495 bits per heavy atom. The summed E-state index contributed by atoms with van der Waals surface area (Å²) in [6, 6.07) is 24.3. The van der Waals surface area contributed by atoms with Gasteiger partial charge in [0.25, 0.3) is 0 Å². The summed E-state index contributed by atoms with van der Waals surface area (Å²) in [6.07, 6.45) is 22.0. The number of carboxylic acids is 1. The number of nitrogens with two attached hydrogens (primary N) is 1. The highest BCUT2D eigenvalue weighted by Gasteiger charge is 2.38. The van der Waals surface area contributed by atoms with Gasteiger partial charge in [-0.2, -0.15) is 15.3 Å². The number of nitrogen functional groups attached to an aromatic ring is 1. The van der Waals surface area contributed by atoms with Crippen LogP contribution in [0.2, 0.25) is 0 Å². The first-order chi connectivity index (χ1) is 52.7. The van der Waals surface area contributed by atoms with Gasteiger partial charge >= 0.3 is 47.6 Å². The van der Waals surface area contributed by atoms with Crippen molar-refractivity contribution in [1.29, 1.82) is 0 Å².